The van der Waals surface area contributed by atoms with E-state index in [0.29, 0.717) is 12.2 Å². The van der Waals surface area contributed by atoms with Gasteiger partial charge in [0.2, 0.25) is 5.91 Å². The number of anilines is 1. The number of rotatable bonds is 6. The van der Waals surface area contributed by atoms with Crippen molar-refractivity contribution in [2.45, 2.75) is 26.4 Å². The molecule has 3 amide bonds. The van der Waals surface area contributed by atoms with Gasteiger partial charge in [-0.15, -0.1) is 0 Å². The number of carbonyl (C=O) groups excluding carboxylic acids is 2. The second-order valence-electron chi connectivity index (χ2n) is 5.93. The minimum atomic E-state index is -0.638. The van der Waals surface area contributed by atoms with E-state index in [0.717, 1.165) is 5.56 Å². The second-order valence-corrected chi connectivity index (χ2v) is 5.93. The van der Waals surface area contributed by atoms with Gasteiger partial charge < -0.3 is 16.0 Å². The van der Waals surface area contributed by atoms with Crippen LogP contribution in [0.25, 0.3) is 0 Å². The molecule has 0 radical (unpaired) electrons. The normalized spacial score (nSPS) is 11.8. The van der Waals surface area contributed by atoms with Crippen LogP contribution in [0.3, 0.4) is 0 Å². The lowest BCUT2D eigenvalue weighted by molar-refractivity contribution is -0.118. The first-order valence-corrected chi connectivity index (χ1v) is 7.83. The van der Waals surface area contributed by atoms with Crippen LogP contribution in [0, 0.1) is 5.92 Å². The minimum absolute atomic E-state index is 0.0517. The maximum absolute atomic E-state index is 12.4. The van der Waals surface area contributed by atoms with Crippen molar-refractivity contribution in [3.8, 4) is 0 Å². The van der Waals surface area contributed by atoms with E-state index < -0.39 is 6.04 Å². The Labute approximate surface area is 141 Å². The van der Waals surface area contributed by atoms with E-state index in [9.17, 15) is 9.59 Å². The van der Waals surface area contributed by atoms with E-state index in [1.165, 1.54) is 0 Å². The van der Waals surface area contributed by atoms with Crippen LogP contribution in [-0.2, 0) is 18.4 Å². The third kappa shape index (κ3) is 5.12. The Morgan fingerprint density at radius 3 is 2.50 bits per heavy atom. The largest absolute Gasteiger partial charge is 0.334 e. The molecule has 0 fully saturated rings. The highest BCUT2D eigenvalue weighted by Gasteiger charge is 2.24. The van der Waals surface area contributed by atoms with Crippen LogP contribution >= 0.6 is 0 Å². The van der Waals surface area contributed by atoms with Crippen LogP contribution in [0.2, 0.25) is 0 Å². The standard InChI is InChI=1S/C17H23N5O2/c1-12(2)15(16(23)20-14-10-19-22(3)11-14)21-17(24)18-9-13-7-5-4-6-8-13/h4-8,10-12,15H,9H2,1-3H3,(H,20,23)(H2,18,21,24). The number of urea groups is 1. The monoisotopic (exact) mass is 329 g/mol. The molecule has 1 atom stereocenters. The zero-order valence-electron chi connectivity index (χ0n) is 14.1. The molecule has 24 heavy (non-hydrogen) atoms. The summed E-state index contributed by atoms with van der Waals surface area (Å²) < 4.78 is 1.60. The number of nitrogens with one attached hydrogen (secondary N) is 3. The SMILES string of the molecule is CC(C)C(NC(=O)NCc1ccccc1)C(=O)Nc1cnn(C)c1. The average molecular weight is 329 g/mol. The summed E-state index contributed by atoms with van der Waals surface area (Å²) in [7, 11) is 1.77. The molecule has 0 bridgehead atoms. The van der Waals surface area contributed by atoms with E-state index in [1.807, 2.05) is 44.2 Å². The maximum atomic E-state index is 12.4. The van der Waals surface area contributed by atoms with E-state index in [2.05, 4.69) is 21.0 Å². The van der Waals surface area contributed by atoms with Gasteiger partial charge >= 0.3 is 6.03 Å². The smallest absolute Gasteiger partial charge is 0.315 e. The van der Waals surface area contributed by atoms with Gasteiger partial charge in [-0.05, 0) is 11.5 Å². The molecule has 1 unspecified atom stereocenters. The molecule has 1 aromatic heterocycles. The van der Waals surface area contributed by atoms with Crippen molar-refractivity contribution in [3.63, 3.8) is 0 Å². The maximum Gasteiger partial charge on any atom is 0.315 e. The summed E-state index contributed by atoms with van der Waals surface area (Å²) in [6, 6.07) is 8.58. The Hall–Kier alpha value is -2.83. The first-order valence-electron chi connectivity index (χ1n) is 7.83. The fourth-order valence-corrected chi connectivity index (χ4v) is 2.21. The molecule has 1 aromatic carbocycles. The van der Waals surface area contributed by atoms with Crippen LogP contribution in [0.5, 0.6) is 0 Å². The summed E-state index contributed by atoms with van der Waals surface area (Å²) in [4.78, 5) is 24.5. The molecule has 2 rings (SSSR count). The number of hydrogen-bond donors (Lipinski definition) is 3. The van der Waals surface area contributed by atoms with E-state index in [4.69, 9.17) is 0 Å². The Balaban J connectivity index is 1.89. The number of aryl methyl sites for hydroxylation is 1. The fourth-order valence-electron chi connectivity index (χ4n) is 2.21. The highest BCUT2D eigenvalue weighted by molar-refractivity contribution is 5.97. The zero-order chi connectivity index (χ0) is 17.5. The van der Waals surface area contributed by atoms with Crippen molar-refractivity contribution in [3.05, 3.63) is 48.3 Å². The quantitative estimate of drug-likeness (QED) is 0.756. The third-order valence-electron chi connectivity index (χ3n) is 3.50. The predicted octanol–water partition coefficient (Wildman–Crippen LogP) is 1.88. The van der Waals surface area contributed by atoms with Crippen molar-refractivity contribution in [1.29, 1.82) is 0 Å². The lowest BCUT2D eigenvalue weighted by Crippen LogP contribution is -2.50. The van der Waals surface area contributed by atoms with E-state index >= 15 is 0 Å². The molecule has 2 aromatic rings. The van der Waals surface area contributed by atoms with Gasteiger partial charge in [0.15, 0.2) is 0 Å². The Morgan fingerprint density at radius 1 is 1.21 bits per heavy atom. The summed E-state index contributed by atoms with van der Waals surface area (Å²) in [5.41, 5.74) is 1.59. The first-order chi connectivity index (χ1) is 11.5. The molecular formula is C17H23N5O2. The van der Waals surface area contributed by atoms with Crippen LogP contribution in [-0.4, -0.2) is 27.8 Å². The molecule has 0 spiro atoms. The second kappa shape index (κ2) is 8.14. The van der Waals surface area contributed by atoms with Gasteiger partial charge in [0.25, 0.3) is 0 Å². The van der Waals surface area contributed by atoms with Gasteiger partial charge in [-0.1, -0.05) is 44.2 Å². The highest BCUT2D eigenvalue weighted by atomic mass is 16.2. The van der Waals surface area contributed by atoms with Gasteiger partial charge in [0, 0.05) is 19.8 Å². The number of nitrogens with zero attached hydrogens (tertiary/aromatic N) is 2. The molecule has 3 N–H and O–H groups in total. The Morgan fingerprint density at radius 2 is 1.92 bits per heavy atom. The first kappa shape index (κ1) is 17.5. The lowest BCUT2D eigenvalue weighted by Gasteiger charge is -2.21. The Bertz CT molecular complexity index is 681. The molecule has 128 valence electrons. The molecule has 1 heterocycles. The molecule has 0 saturated carbocycles. The van der Waals surface area contributed by atoms with Gasteiger partial charge in [-0.2, -0.15) is 5.10 Å². The average Bonchev–Trinajstić information content (AvgIpc) is 2.96. The molecule has 0 aliphatic rings. The molecule has 7 nitrogen and oxygen atoms in total. The molecule has 0 aliphatic carbocycles. The van der Waals surface area contributed by atoms with Gasteiger partial charge in [0.05, 0.1) is 11.9 Å². The summed E-state index contributed by atoms with van der Waals surface area (Å²) in [5.74, 6) is -0.322. The van der Waals surface area contributed by atoms with Gasteiger partial charge in [-0.3, -0.25) is 9.48 Å². The van der Waals surface area contributed by atoms with Crippen LogP contribution in [0.1, 0.15) is 19.4 Å². The van der Waals surface area contributed by atoms with Crippen LogP contribution in [0.4, 0.5) is 10.5 Å². The van der Waals surface area contributed by atoms with Crippen molar-refractivity contribution < 1.29 is 9.59 Å². The number of aromatic nitrogens is 2. The lowest BCUT2D eigenvalue weighted by atomic mass is 10.0. The number of carbonyl (C=O) groups is 2. The van der Waals surface area contributed by atoms with Crippen LogP contribution in [0.15, 0.2) is 42.7 Å². The Kier molecular flexibility index (Phi) is 5.95. The summed E-state index contributed by atoms with van der Waals surface area (Å²) in [6.45, 7) is 4.16. The zero-order valence-corrected chi connectivity index (χ0v) is 14.1. The molecular weight excluding hydrogens is 306 g/mol. The van der Waals surface area contributed by atoms with E-state index in [-0.39, 0.29) is 17.9 Å². The van der Waals surface area contributed by atoms with Crippen molar-refractivity contribution in [1.82, 2.24) is 20.4 Å². The number of hydrogen-bond acceptors (Lipinski definition) is 3. The molecule has 0 saturated heterocycles. The topological polar surface area (TPSA) is 88.1 Å². The summed E-state index contributed by atoms with van der Waals surface area (Å²) in [5, 5.41) is 12.2. The molecule has 0 aliphatic heterocycles. The number of benzene rings is 1. The summed E-state index contributed by atoms with van der Waals surface area (Å²) >= 11 is 0. The van der Waals surface area contributed by atoms with Crippen molar-refractivity contribution >= 4 is 17.6 Å². The molecule has 7 heteroatoms. The summed E-state index contributed by atoms with van der Waals surface area (Å²) in [6.07, 6.45) is 3.26. The minimum Gasteiger partial charge on any atom is -0.334 e. The highest BCUT2D eigenvalue weighted by Crippen LogP contribution is 2.08. The fraction of sp³-hybridized carbons (Fsp3) is 0.353. The van der Waals surface area contributed by atoms with Crippen LogP contribution < -0.4 is 16.0 Å². The van der Waals surface area contributed by atoms with Crippen molar-refractivity contribution in [2.75, 3.05) is 5.32 Å². The predicted molar refractivity (Wildman–Crippen MR) is 92.3 cm³/mol. The third-order valence-corrected chi connectivity index (χ3v) is 3.50. The van der Waals surface area contributed by atoms with E-state index in [1.54, 1.807) is 24.1 Å². The van der Waals surface area contributed by atoms with Crippen molar-refractivity contribution in [2.24, 2.45) is 13.0 Å². The number of amides is 3. The van der Waals surface area contributed by atoms with Gasteiger partial charge in [0.1, 0.15) is 6.04 Å². The van der Waals surface area contributed by atoms with Gasteiger partial charge in [-0.25, -0.2) is 4.79 Å².